The second-order valence-corrected chi connectivity index (χ2v) is 8.61. The first-order valence-electron chi connectivity index (χ1n) is 9.59. The minimum atomic E-state index is -0.345. The largest absolute Gasteiger partial charge is 0.486 e. The lowest BCUT2D eigenvalue weighted by Gasteiger charge is -2.12. The maximum atomic E-state index is 12.5. The number of nitrogens with zero attached hydrogens (tertiary/aromatic N) is 3. The standard InChI is InChI=1S/C21H21ClN4O4S/c1-13(20(27)23-10-14-3-8-17-18(9-14)30-12-29-17)31-21-25-24-19(26(21)2)11-28-16-6-4-15(22)5-7-16/h3-9,13H,10-12H2,1-2H3,(H,23,27)/t13-/m0/s1. The number of aromatic nitrogens is 3. The van der Waals surface area contributed by atoms with Gasteiger partial charge in [-0.15, -0.1) is 10.2 Å². The lowest BCUT2D eigenvalue weighted by atomic mass is 10.2. The number of thioether (sulfide) groups is 1. The highest BCUT2D eigenvalue weighted by molar-refractivity contribution is 8.00. The van der Waals surface area contributed by atoms with E-state index < -0.39 is 0 Å². The molecule has 0 spiro atoms. The molecule has 1 aromatic heterocycles. The molecule has 2 heterocycles. The molecule has 0 bridgehead atoms. The number of benzene rings is 2. The summed E-state index contributed by atoms with van der Waals surface area (Å²) in [7, 11) is 1.85. The molecule has 1 amide bonds. The van der Waals surface area contributed by atoms with Crippen LogP contribution >= 0.6 is 23.4 Å². The average molecular weight is 461 g/mol. The Bertz CT molecular complexity index is 1070. The van der Waals surface area contributed by atoms with Crippen molar-refractivity contribution in [2.24, 2.45) is 7.05 Å². The summed E-state index contributed by atoms with van der Waals surface area (Å²) in [6.45, 7) is 2.72. The van der Waals surface area contributed by atoms with E-state index in [1.165, 1.54) is 11.8 Å². The van der Waals surface area contributed by atoms with E-state index in [0.717, 1.165) is 11.3 Å². The Hall–Kier alpha value is -2.91. The van der Waals surface area contributed by atoms with Crippen LogP contribution in [0.4, 0.5) is 0 Å². The second kappa shape index (κ2) is 9.49. The van der Waals surface area contributed by atoms with Gasteiger partial charge >= 0.3 is 0 Å². The zero-order chi connectivity index (χ0) is 21.8. The predicted molar refractivity (Wildman–Crippen MR) is 117 cm³/mol. The van der Waals surface area contributed by atoms with E-state index in [-0.39, 0.29) is 24.6 Å². The molecule has 31 heavy (non-hydrogen) atoms. The summed E-state index contributed by atoms with van der Waals surface area (Å²) in [6, 6.07) is 12.7. The Morgan fingerprint density at radius 3 is 2.81 bits per heavy atom. The van der Waals surface area contributed by atoms with Gasteiger partial charge in [-0.1, -0.05) is 29.4 Å². The quantitative estimate of drug-likeness (QED) is 0.514. The lowest BCUT2D eigenvalue weighted by molar-refractivity contribution is -0.120. The van der Waals surface area contributed by atoms with Gasteiger partial charge in [0.1, 0.15) is 12.4 Å². The van der Waals surface area contributed by atoms with Crippen molar-refractivity contribution in [3.05, 3.63) is 58.9 Å². The van der Waals surface area contributed by atoms with Gasteiger partial charge in [0.15, 0.2) is 22.5 Å². The number of fused-ring (bicyclic) bond motifs is 1. The van der Waals surface area contributed by atoms with Crippen LogP contribution in [0.1, 0.15) is 18.3 Å². The molecule has 1 aliphatic rings. The normalized spacial score (nSPS) is 13.1. The van der Waals surface area contributed by atoms with Crippen molar-refractivity contribution in [2.75, 3.05) is 6.79 Å². The first-order valence-corrected chi connectivity index (χ1v) is 10.8. The number of rotatable bonds is 8. The van der Waals surface area contributed by atoms with Crippen LogP contribution in [0, 0.1) is 0 Å². The SMILES string of the molecule is C[C@H](Sc1nnc(COc2ccc(Cl)cc2)n1C)C(=O)NCc1ccc2c(c1)OCO2. The Morgan fingerprint density at radius 1 is 1.23 bits per heavy atom. The van der Waals surface area contributed by atoms with Crippen molar-refractivity contribution < 1.29 is 19.0 Å². The van der Waals surface area contributed by atoms with Gasteiger partial charge in [-0.3, -0.25) is 4.79 Å². The summed E-state index contributed by atoms with van der Waals surface area (Å²) in [6.07, 6.45) is 0. The summed E-state index contributed by atoms with van der Waals surface area (Å²) in [4.78, 5) is 12.5. The molecule has 162 valence electrons. The van der Waals surface area contributed by atoms with Crippen molar-refractivity contribution in [3.8, 4) is 17.2 Å². The molecule has 8 nitrogen and oxygen atoms in total. The van der Waals surface area contributed by atoms with Crippen molar-refractivity contribution in [2.45, 2.75) is 30.5 Å². The van der Waals surface area contributed by atoms with E-state index in [2.05, 4.69) is 15.5 Å². The number of hydrogen-bond donors (Lipinski definition) is 1. The molecule has 2 aromatic carbocycles. The van der Waals surface area contributed by atoms with Crippen molar-refractivity contribution in [3.63, 3.8) is 0 Å². The third kappa shape index (κ3) is 5.23. The van der Waals surface area contributed by atoms with Gasteiger partial charge in [0.25, 0.3) is 0 Å². The molecular formula is C21H21ClN4O4S. The fourth-order valence-electron chi connectivity index (χ4n) is 2.85. The zero-order valence-corrected chi connectivity index (χ0v) is 18.6. The molecule has 0 radical (unpaired) electrons. The highest BCUT2D eigenvalue weighted by atomic mass is 35.5. The highest BCUT2D eigenvalue weighted by Crippen LogP contribution is 2.32. The maximum absolute atomic E-state index is 12.5. The molecular weight excluding hydrogens is 440 g/mol. The van der Waals surface area contributed by atoms with Crippen molar-refractivity contribution >= 4 is 29.3 Å². The van der Waals surface area contributed by atoms with E-state index in [1.54, 1.807) is 24.3 Å². The van der Waals surface area contributed by atoms with Crippen LogP contribution in [0.5, 0.6) is 17.2 Å². The summed E-state index contributed by atoms with van der Waals surface area (Å²) in [5.74, 6) is 2.67. The number of halogens is 1. The minimum absolute atomic E-state index is 0.0929. The highest BCUT2D eigenvalue weighted by Gasteiger charge is 2.19. The van der Waals surface area contributed by atoms with E-state index in [4.69, 9.17) is 25.8 Å². The molecule has 0 unspecified atom stereocenters. The van der Waals surface area contributed by atoms with Crippen LogP contribution < -0.4 is 19.5 Å². The number of carbonyl (C=O) groups excluding carboxylic acids is 1. The monoisotopic (exact) mass is 460 g/mol. The van der Waals surface area contributed by atoms with Crippen LogP contribution in [0.2, 0.25) is 5.02 Å². The molecule has 0 aliphatic carbocycles. The number of amides is 1. The van der Waals surface area contributed by atoms with Crippen LogP contribution in [0.25, 0.3) is 0 Å². The molecule has 1 N–H and O–H groups in total. The molecule has 1 aliphatic heterocycles. The average Bonchev–Trinajstić information content (AvgIpc) is 3.38. The molecule has 4 rings (SSSR count). The summed E-state index contributed by atoms with van der Waals surface area (Å²) >= 11 is 7.22. The third-order valence-corrected chi connectivity index (χ3v) is 6.05. The molecule has 10 heteroatoms. The van der Waals surface area contributed by atoms with Crippen LogP contribution in [0.15, 0.2) is 47.6 Å². The lowest BCUT2D eigenvalue weighted by Crippen LogP contribution is -2.30. The van der Waals surface area contributed by atoms with E-state index in [1.807, 2.05) is 36.7 Å². The fourth-order valence-corrected chi connectivity index (χ4v) is 3.83. The molecule has 0 saturated heterocycles. The van der Waals surface area contributed by atoms with Gasteiger partial charge in [0.05, 0.1) is 5.25 Å². The van der Waals surface area contributed by atoms with Crippen LogP contribution in [-0.4, -0.2) is 32.7 Å². The van der Waals surface area contributed by atoms with Gasteiger partial charge in [0, 0.05) is 18.6 Å². The van der Waals surface area contributed by atoms with E-state index in [9.17, 15) is 4.79 Å². The predicted octanol–water partition coefficient (Wildman–Crippen LogP) is 3.57. The second-order valence-electron chi connectivity index (χ2n) is 6.87. The minimum Gasteiger partial charge on any atom is -0.486 e. The molecule has 0 fully saturated rings. The van der Waals surface area contributed by atoms with Gasteiger partial charge in [-0.05, 0) is 48.9 Å². The number of hydrogen-bond acceptors (Lipinski definition) is 7. The van der Waals surface area contributed by atoms with Gasteiger partial charge in [-0.25, -0.2) is 0 Å². The summed E-state index contributed by atoms with van der Waals surface area (Å²) in [5, 5.41) is 12.2. The Labute approximate surface area is 188 Å². The van der Waals surface area contributed by atoms with Gasteiger partial charge in [-0.2, -0.15) is 0 Å². The third-order valence-electron chi connectivity index (χ3n) is 4.66. The summed E-state index contributed by atoms with van der Waals surface area (Å²) in [5.41, 5.74) is 0.940. The van der Waals surface area contributed by atoms with Gasteiger partial charge in [0.2, 0.25) is 12.7 Å². The molecule has 0 saturated carbocycles. The molecule has 3 aromatic rings. The first kappa shape index (κ1) is 21.3. The Morgan fingerprint density at radius 2 is 2.00 bits per heavy atom. The molecule has 1 atom stereocenters. The van der Waals surface area contributed by atoms with Gasteiger partial charge < -0.3 is 24.1 Å². The first-order chi connectivity index (χ1) is 15.0. The smallest absolute Gasteiger partial charge is 0.233 e. The number of nitrogens with one attached hydrogen (secondary N) is 1. The zero-order valence-electron chi connectivity index (χ0n) is 17.0. The van der Waals surface area contributed by atoms with Crippen molar-refractivity contribution in [1.29, 1.82) is 0 Å². The number of ether oxygens (including phenoxy) is 3. The maximum Gasteiger partial charge on any atom is 0.233 e. The Balaban J connectivity index is 1.29. The van der Waals surface area contributed by atoms with E-state index >= 15 is 0 Å². The Kier molecular flexibility index (Phi) is 6.53. The van der Waals surface area contributed by atoms with Crippen LogP contribution in [-0.2, 0) is 25.0 Å². The summed E-state index contributed by atoms with van der Waals surface area (Å²) < 4.78 is 18.2. The van der Waals surface area contributed by atoms with Crippen LogP contribution in [0.3, 0.4) is 0 Å². The topological polar surface area (TPSA) is 87.5 Å². The number of carbonyl (C=O) groups is 1. The van der Waals surface area contributed by atoms with Crippen molar-refractivity contribution in [1.82, 2.24) is 20.1 Å². The van der Waals surface area contributed by atoms with E-state index in [0.29, 0.717) is 34.0 Å². The fraction of sp³-hybridized carbons (Fsp3) is 0.286.